The fraction of sp³-hybridized carbons (Fsp3) is 0.700. The van der Waals surface area contributed by atoms with Gasteiger partial charge in [0, 0.05) is 0 Å². The SMILES string of the molecule is CC(C)C1(C#N)CC=CCC1. The molecule has 1 aliphatic rings. The zero-order chi connectivity index (χ0) is 8.32. The number of nitriles is 1. The fourth-order valence-corrected chi connectivity index (χ4v) is 1.61. The van der Waals surface area contributed by atoms with Crippen LogP contribution in [-0.4, -0.2) is 0 Å². The van der Waals surface area contributed by atoms with Crippen LogP contribution in [0.25, 0.3) is 0 Å². The van der Waals surface area contributed by atoms with Crippen molar-refractivity contribution < 1.29 is 0 Å². The van der Waals surface area contributed by atoms with E-state index in [4.69, 9.17) is 5.26 Å². The van der Waals surface area contributed by atoms with Crippen LogP contribution in [0, 0.1) is 22.7 Å². The van der Waals surface area contributed by atoms with Crippen LogP contribution in [0.15, 0.2) is 12.2 Å². The quantitative estimate of drug-likeness (QED) is 0.526. The number of nitrogens with zero attached hydrogens (tertiary/aromatic N) is 1. The van der Waals surface area contributed by atoms with Gasteiger partial charge in [-0.3, -0.25) is 0 Å². The van der Waals surface area contributed by atoms with Crippen molar-refractivity contribution in [2.75, 3.05) is 0 Å². The number of rotatable bonds is 1. The van der Waals surface area contributed by atoms with Crippen LogP contribution >= 0.6 is 0 Å². The Bertz CT molecular complexity index is 197. The summed E-state index contributed by atoms with van der Waals surface area (Å²) in [7, 11) is 0. The van der Waals surface area contributed by atoms with Gasteiger partial charge < -0.3 is 0 Å². The molecule has 11 heavy (non-hydrogen) atoms. The maximum absolute atomic E-state index is 9.03. The first-order valence-corrected chi connectivity index (χ1v) is 4.27. The van der Waals surface area contributed by atoms with Crippen molar-refractivity contribution in [2.45, 2.75) is 33.1 Å². The lowest BCUT2D eigenvalue weighted by atomic mass is 9.70. The zero-order valence-electron chi connectivity index (χ0n) is 7.30. The third-order valence-electron chi connectivity index (χ3n) is 2.73. The van der Waals surface area contributed by atoms with E-state index in [0.29, 0.717) is 5.92 Å². The molecule has 60 valence electrons. The largest absolute Gasteiger partial charge is 0.198 e. The van der Waals surface area contributed by atoms with Crippen molar-refractivity contribution in [3.63, 3.8) is 0 Å². The van der Waals surface area contributed by atoms with E-state index < -0.39 is 0 Å². The highest BCUT2D eigenvalue weighted by Gasteiger charge is 2.33. The van der Waals surface area contributed by atoms with Crippen LogP contribution in [0.4, 0.5) is 0 Å². The summed E-state index contributed by atoms with van der Waals surface area (Å²) >= 11 is 0. The topological polar surface area (TPSA) is 23.8 Å². The molecule has 1 nitrogen and oxygen atoms in total. The van der Waals surface area contributed by atoms with E-state index in [1.54, 1.807) is 0 Å². The summed E-state index contributed by atoms with van der Waals surface area (Å²) in [5.41, 5.74) is -0.0608. The monoisotopic (exact) mass is 149 g/mol. The Hall–Kier alpha value is -0.770. The molecule has 0 radical (unpaired) electrons. The predicted molar refractivity (Wildman–Crippen MR) is 45.9 cm³/mol. The smallest absolute Gasteiger partial charge is 0.0695 e. The minimum Gasteiger partial charge on any atom is -0.198 e. The summed E-state index contributed by atoms with van der Waals surface area (Å²) in [6, 6.07) is 2.47. The third kappa shape index (κ3) is 1.45. The van der Waals surface area contributed by atoms with Crippen molar-refractivity contribution in [1.29, 1.82) is 5.26 Å². The molecule has 0 amide bonds. The molecule has 0 bridgehead atoms. The highest BCUT2D eigenvalue weighted by molar-refractivity contribution is 5.09. The number of allylic oxidation sites excluding steroid dienone is 2. The van der Waals surface area contributed by atoms with E-state index in [0.717, 1.165) is 19.3 Å². The predicted octanol–water partition coefficient (Wildman–Crippen LogP) is 2.89. The van der Waals surface area contributed by atoms with Crippen LogP contribution in [0.3, 0.4) is 0 Å². The molecule has 0 N–H and O–H groups in total. The van der Waals surface area contributed by atoms with Gasteiger partial charge in [0.05, 0.1) is 11.5 Å². The summed E-state index contributed by atoms with van der Waals surface area (Å²) < 4.78 is 0. The Morgan fingerprint density at radius 1 is 1.45 bits per heavy atom. The normalized spacial score (nSPS) is 30.4. The second kappa shape index (κ2) is 3.09. The van der Waals surface area contributed by atoms with Crippen LogP contribution < -0.4 is 0 Å². The van der Waals surface area contributed by atoms with Crippen molar-refractivity contribution in [3.8, 4) is 6.07 Å². The van der Waals surface area contributed by atoms with Crippen molar-refractivity contribution >= 4 is 0 Å². The summed E-state index contributed by atoms with van der Waals surface area (Å²) in [6.45, 7) is 4.28. The minimum absolute atomic E-state index is 0.0608. The highest BCUT2D eigenvalue weighted by Crippen LogP contribution is 2.38. The van der Waals surface area contributed by atoms with E-state index in [-0.39, 0.29) is 5.41 Å². The molecule has 0 aliphatic heterocycles. The summed E-state index contributed by atoms with van der Waals surface area (Å²) in [5.74, 6) is 0.484. The van der Waals surface area contributed by atoms with Gasteiger partial charge in [-0.05, 0) is 25.2 Å². The summed E-state index contributed by atoms with van der Waals surface area (Å²) in [6.07, 6.45) is 7.38. The average Bonchev–Trinajstić information content (AvgIpc) is 2.05. The second-order valence-corrected chi connectivity index (χ2v) is 3.64. The molecule has 1 unspecified atom stereocenters. The second-order valence-electron chi connectivity index (χ2n) is 3.64. The van der Waals surface area contributed by atoms with Crippen molar-refractivity contribution in [3.05, 3.63) is 12.2 Å². The van der Waals surface area contributed by atoms with E-state index in [2.05, 4.69) is 32.1 Å². The lowest BCUT2D eigenvalue weighted by Gasteiger charge is -2.31. The van der Waals surface area contributed by atoms with Gasteiger partial charge in [-0.1, -0.05) is 26.0 Å². The fourth-order valence-electron chi connectivity index (χ4n) is 1.61. The standard InChI is InChI=1S/C10H15N/c1-9(2)10(8-11)6-4-3-5-7-10/h3-4,9H,5-7H2,1-2H3. The van der Waals surface area contributed by atoms with Crippen LogP contribution in [0.2, 0.25) is 0 Å². The molecule has 0 spiro atoms. The van der Waals surface area contributed by atoms with Crippen LogP contribution in [-0.2, 0) is 0 Å². The first-order valence-electron chi connectivity index (χ1n) is 4.27. The highest BCUT2D eigenvalue weighted by atomic mass is 14.4. The van der Waals surface area contributed by atoms with Gasteiger partial charge in [0.15, 0.2) is 0 Å². The molecule has 1 atom stereocenters. The van der Waals surface area contributed by atoms with Gasteiger partial charge in [-0.25, -0.2) is 0 Å². The van der Waals surface area contributed by atoms with Gasteiger partial charge in [-0.2, -0.15) is 5.26 Å². The first-order chi connectivity index (χ1) is 5.21. The van der Waals surface area contributed by atoms with E-state index >= 15 is 0 Å². The van der Waals surface area contributed by atoms with Gasteiger partial charge in [-0.15, -0.1) is 0 Å². The van der Waals surface area contributed by atoms with Gasteiger partial charge in [0.2, 0.25) is 0 Å². The lowest BCUT2D eigenvalue weighted by Crippen LogP contribution is -2.26. The van der Waals surface area contributed by atoms with Crippen molar-refractivity contribution in [1.82, 2.24) is 0 Å². The molecule has 0 fully saturated rings. The number of hydrogen-bond acceptors (Lipinski definition) is 1. The Morgan fingerprint density at radius 2 is 2.18 bits per heavy atom. The summed E-state index contributed by atoms with van der Waals surface area (Å²) in [4.78, 5) is 0. The average molecular weight is 149 g/mol. The van der Waals surface area contributed by atoms with E-state index in [1.807, 2.05) is 0 Å². The van der Waals surface area contributed by atoms with Crippen molar-refractivity contribution in [2.24, 2.45) is 11.3 Å². The first kappa shape index (κ1) is 8.33. The van der Waals surface area contributed by atoms with E-state index in [9.17, 15) is 0 Å². The van der Waals surface area contributed by atoms with Gasteiger partial charge in [0.1, 0.15) is 0 Å². The molecule has 1 rings (SSSR count). The number of hydrogen-bond donors (Lipinski definition) is 0. The molecule has 1 aliphatic carbocycles. The van der Waals surface area contributed by atoms with Gasteiger partial charge >= 0.3 is 0 Å². The molecule has 1 heteroatoms. The third-order valence-corrected chi connectivity index (χ3v) is 2.73. The Kier molecular flexibility index (Phi) is 2.34. The molecular formula is C10H15N. The molecular weight excluding hydrogens is 134 g/mol. The molecule has 0 saturated heterocycles. The Balaban J connectivity index is 2.77. The molecule has 0 saturated carbocycles. The molecule has 0 aromatic carbocycles. The maximum atomic E-state index is 9.03. The summed E-state index contributed by atoms with van der Waals surface area (Å²) in [5, 5.41) is 9.03. The van der Waals surface area contributed by atoms with Gasteiger partial charge in [0.25, 0.3) is 0 Å². The van der Waals surface area contributed by atoms with Crippen LogP contribution in [0.1, 0.15) is 33.1 Å². The van der Waals surface area contributed by atoms with Crippen LogP contribution in [0.5, 0.6) is 0 Å². The Labute approximate surface area is 68.7 Å². The molecule has 0 heterocycles. The molecule has 0 aromatic heterocycles. The van der Waals surface area contributed by atoms with E-state index in [1.165, 1.54) is 0 Å². The zero-order valence-corrected chi connectivity index (χ0v) is 7.30. The molecule has 0 aromatic rings. The maximum Gasteiger partial charge on any atom is 0.0695 e. The minimum atomic E-state index is -0.0608. The lowest BCUT2D eigenvalue weighted by molar-refractivity contribution is 0.252. The Morgan fingerprint density at radius 3 is 2.45 bits per heavy atom.